The zero-order valence-corrected chi connectivity index (χ0v) is 14.5. The molecule has 3 aromatic rings. The van der Waals surface area contributed by atoms with Crippen LogP contribution in [0, 0.1) is 11.8 Å². The highest BCUT2D eigenvalue weighted by Crippen LogP contribution is 2.26. The monoisotopic (exact) mass is 340 g/mol. The number of para-hydroxylation sites is 1. The smallest absolute Gasteiger partial charge is 0.128 e. The Morgan fingerprint density at radius 2 is 1.85 bits per heavy atom. The maximum absolute atomic E-state index is 5.90. The normalized spacial score (nSPS) is 15.9. The second-order valence-electron chi connectivity index (χ2n) is 6.29. The molecule has 0 aliphatic carbocycles. The Morgan fingerprint density at radius 3 is 2.62 bits per heavy atom. The number of pyridine rings is 1. The van der Waals surface area contributed by atoms with Crippen molar-refractivity contribution in [3.8, 4) is 34.6 Å². The lowest BCUT2D eigenvalue weighted by molar-refractivity contribution is 0.483. The summed E-state index contributed by atoms with van der Waals surface area (Å²) in [7, 11) is 0. The first kappa shape index (κ1) is 16.4. The van der Waals surface area contributed by atoms with Crippen LogP contribution in [0.25, 0.3) is 11.3 Å². The highest BCUT2D eigenvalue weighted by Gasteiger charge is 2.10. The van der Waals surface area contributed by atoms with Gasteiger partial charge in [0.2, 0.25) is 0 Å². The number of hydrogen-bond donors (Lipinski definition) is 1. The molecular weight excluding hydrogens is 320 g/mol. The molecule has 0 spiro atoms. The summed E-state index contributed by atoms with van der Waals surface area (Å²) in [6, 6.07) is 22.1. The maximum atomic E-state index is 5.90. The van der Waals surface area contributed by atoms with E-state index in [1.54, 1.807) is 0 Å². The number of nitrogens with zero attached hydrogens (tertiary/aromatic N) is 1. The van der Waals surface area contributed by atoms with Crippen LogP contribution < -0.4 is 10.1 Å². The average molecular weight is 340 g/mol. The van der Waals surface area contributed by atoms with E-state index in [2.05, 4.69) is 22.1 Å². The van der Waals surface area contributed by atoms with Crippen molar-refractivity contribution in [2.45, 2.75) is 18.9 Å². The van der Waals surface area contributed by atoms with Crippen LogP contribution in [-0.2, 0) is 0 Å². The van der Waals surface area contributed by atoms with E-state index in [0.29, 0.717) is 6.04 Å². The number of benzene rings is 2. The summed E-state index contributed by atoms with van der Waals surface area (Å²) in [5.74, 6) is 8.10. The molecule has 26 heavy (non-hydrogen) atoms. The standard InChI is InChI=1S/C23H20N2O/c1-2-8-21(9-3-1)26-22-10-4-6-19(16-22)23-14-12-18(17-25-23)11-13-20-7-5-15-24-20/h1-4,6,8-10,12,14,16-17,20,24H,5,7,15H2/t20-/m0/s1. The molecule has 2 heterocycles. The molecule has 1 fully saturated rings. The molecule has 1 atom stereocenters. The van der Waals surface area contributed by atoms with Gasteiger partial charge < -0.3 is 10.1 Å². The summed E-state index contributed by atoms with van der Waals surface area (Å²) >= 11 is 0. The third-order valence-corrected chi connectivity index (χ3v) is 4.32. The zero-order chi connectivity index (χ0) is 17.6. The van der Waals surface area contributed by atoms with Gasteiger partial charge in [0.1, 0.15) is 11.5 Å². The van der Waals surface area contributed by atoms with Gasteiger partial charge in [0.15, 0.2) is 0 Å². The molecule has 3 nitrogen and oxygen atoms in total. The van der Waals surface area contributed by atoms with Crippen molar-refractivity contribution < 1.29 is 4.74 Å². The topological polar surface area (TPSA) is 34.1 Å². The predicted molar refractivity (Wildman–Crippen MR) is 104 cm³/mol. The molecule has 0 radical (unpaired) electrons. The lowest BCUT2D eigenvalue weighted by Gasteiger charge is -2.07. The van der Waals surface area contributed by atoms with Gasteiger partial charge in [-0.1, -0.05) is 42.2 Å². The number of ether oxygens (including phenoxy) is 1. The molecule has 0 amide bonds. The molecule has 1 saturated heterocycles. The van der Waals surface area contributed by atoms with Gasteiger partial charge in [-0.2, -0.15) is 0 Å². The van der Waals surface area contributed by atoms with Crippen molar-refractivity contribution in [1.29, 1.82) is 0 Å². The van der Waals surface area contributed by atoms with Gasteiger partial charge in [0, 0.05) is 17.3 Å². The maximum Gasteiger partial charge on any atom is 0.128 e. The fourth-order valence-corrected chi connectivity index (χ4v) is 2.96. The van der Waals surface area contributed by atoms with Gasteiger partial charge in [0.25, 0.3) is 0 Å². The minimum atomic E-state index is 0.321. The van der Waals surface area contributed by atoms with E-state index >= 15 is 0 Å². The van der Waals surface area contributed by atoms with Gasteiger partial charge in [-0.05, 0) is 55.8 Å². The van der Waals surface area contributed by atoms with Crippen molar-refractivity contribution in [3.63, 3.8) is 0 Å². The Morgan fingerprint density at radius 1 is 0.962 bits per heavy atom. The van der Waals surface area contributed by atoms with Gasteiger partial charge in [-0.15, -0.1) is 0 Å². The summed E-state index contributed by atoms with van der Waals surface area (Å²) in [5, 5.41) is 3.38. The van der Waals surface area contributed by atoms with Crippen LogP contribution in [0.2, 0.25) is 0 Å². The molecule has 2 aromatic carbocycles. The van der Waals surface area contributed by atoms with Crippen LogP contribution in [0.15, 0.2) is 72.9 Å². The molecule has 128 valence electrons. The van der Waals surface area contributed by atoms with Crippen LogP contribution in [0.4, 0.5) is 0 Å². The molecule has 1 aliphatic heterocycles. The zero-order valence-electron chi connectivity index (χ0n) is 14.5. The Kier molecular flexibility index (Phi) is 4.95. The highest BCUT2D eigenvalue weighted by molar-refractivity contribution is 5.62. The Labute approximate surface area is 154 Å². The Bertz CT molecular complexity index is 918. The van der Waals surface area contributed by atoms with Crippen molar-refractivity contribution in [2.24, 2.45) is 0 Å². The predicted octanol–water partition coefficient (Wildman–Crippen LogP) is 4.64. The van der Waals surface area contributed by atoms with Crippen molar-refractivity contribution in [1.82, 2.24) is 10.3 Å². The number of hydrogen-bond acceptors (Lipinski definition) is 3. The van der Waals surface area contributed by atoms with Crippen molar-refractivity contribution >= 4 is 0 Å². The van der Waals surface area contributed by atoms with E-state index in [1.165, 1.54) is 6.42 Å². The van der Waals surface area contributed by atoms with Gasteiger partial charge in [0.05, 0.1) is 11.7 Å². The molecule has 0 saturated carbocycles. The van der Waals surface area contributed by atoms with E-state index in [0.717, 1.165) is 41.3 Å². The van der Waals surface area contributed by atoms with Crippen LogP contribution >= 0.6 is 0 Å². The lowest BCUT2D eigenvalue weighted by atomic mass is 10.1. The van der Waals surface area contributed by atoms with E-state index in [4.69, 9.17) is 4.74 Å². The molecule has 0 bridgehead atoms. The first-order valence-electron chi connectivity index (χ1n) is 8.91. The molecular formula is C23H20N2O. The molecule has 3 heteroatoms. The largest absolute Gasteiger partial charge is 0.457 e. The molecule has 1 aromatic heterocycles. The highest BCUT2D eigenvalue weighted by atomic mass is 16.5. The lowest BCUT2D eigenvalue weighted by Crippen LogP contribution is -2.18. The van der Waals surface area contributed by atoms with Crippen molar-refractivity contribution in [3.05, 3.63) is 78.5 Å². The summed E-state index contributed by atoms with van der Waals surface area (Å²) in [6.07, 6.45) is 4.17. The van der Waals surface area contributed by atoms with E-state index < -0.39 is 0 Å². The summed E-state index contributed by atoms with van der Waals surface area (Å²) < 4.78 is 5.90. The first-order chi connectivity index (χ1) is 12.9. The van der Waals surface area contributed by atoms with Gasteiger partial charge in [-0.25, -0.2) is 0 Å². The third kappa shape index (κ3) is 4.11. The van der Waals surface area contributed by atoms with Gasteiger partial charge >= 0.3 is 0 Å². The number of nitrogens with one attached hydrogen (secondary N) is 1. The van der Waals surface area contributed by atoms with Crippen molar-refractivity contribution in [2.75, 3.05) is 6.54 Å². The Balaban J connectivity index is 1.49. The van der Waals surface area contributed by atoms with Crippen LogP contribution in [-0.4, -0.2) is 17.6 Å². The van der Waals surface area contributed by atoms with Gasteiger partial charge in [-0.3, -0.25) is 4.98 Å². The number of rotatable bonds is 3. The van der Waals surface area contributed by atoms with Crippen LogP contribution in [0.5, 0.6) is 11.5 Å². The number of aromatic nitrogens is 1. The second-order valence-corrected chi connectivity index (χ2v) is 6.29. The molecule has 4 rings (SSSR count). The summed E-state index contributed by atoms with van der Waals surface area (Å²) in [6.45, 7) is 1.07. The Hall–Kier alpha value is -3.09. The van der Waals surface area contributed by atoms with Crippen LogP contribution in [0.3, 0.4) is 0 Å². The first-order valence-corrected chi connectivity index (χ1v) is 8.91. The minimum Gasteiger partial charge on any atom is -0.457 e. The second kappa shape index (κ2) is 7.86. The van der Waals surface area contributed by atoms with E-state index in [9.17, 15) is 0 Å². The molecule has 1 N–H and O–H groups in total. The van der Waals surface area contributed by atoms with E-state index in [1.807, 2.05) is 72.9 Å². The molecule has 1 aliphatic rings. The third-order valence-electron chi connectivity index (χ3n) is 4.32. The summed E-state index contributed by atoms with van der Waals surface area (Å²) in [5.41, 5.74) is 2.88. The SMILES string of the molecule is C(#C[C@@H]1CCCN1)c1ccc(-c2cccc(Oc3ccccc3)c2)nc1. The minimum absolute atomic E-state index is 0.321. The quantitative estimate of drug-likeness (QED) is 0.705. The summed E-state index contributed by atoms with van der Waals surface area (Å²) in [4.78, 5) is 4.56. The molecule has 0 unspecified atom stereocenters. The fourth-order valence-electron chi connectivity index (χ4n) is 2.96. The van der Waals surface area contributed by atoms with Crippen LogP contribution in [0.1, 0.15) is 18.4 Å². The fraction of sp³-hybridized carbons (Fsp3) is 0.174. The average Bonchev–Trinajstić information content (AvgIpc) is 3.22. The van der Waals surface area contributed by atoms with E-state index in [-0.39, 0.29) is 0 Å².